The van der Waals surface area contributed by atoms with Gasteiger partial charge in [-0.3, -0.25) is 4.57 Å². The van der Waals surface area contributed by atoms with Crippen molar-refractivity contribution in [1.82, 2.24) is 19.5 Å². The number of hydrogen-bond donors (Lipinski definition) is 5. The number of aliphatic hydroxyl groups excluding tert-OH is 2. The smallest absolute Gasteiger partial charge is 0.167 e. The lowest BCUT2D eigenvalue weighted by molar-refractivity contribution is -0.0387. The van der Waals surface area contributed by atoms with Gasteiger partial charge in [-0.1, -0.05) is 25.7 Å². The molecule has 0 aromatic carbocycles. The van der Waals surface area contributed by atoms with E-state index in [0.29, 0.717) is 17.6 Å². The highest BCUT2D eigenvalue weighted by molar-refractivity contribution is 5.81. The third-order valence-electron chi connectivity index (χ3n) is 5.31. The number of anilines is 1. The van der Waals surface area contributed by atoms with Crippen LogP contribution in [0.3, 0.4) is 0 Å². The van der Waals surface area contributed by atoms with E-state index in [1.807, 2.05) is 0 Å². The maximum atomic E-state index is 10.5. The van der Waals surface area contributed by atoms with Crippen molar-refractivity contribution in [2.75, 3.05) is 12.3 Å². The first kappa shape index (κ1) is 20.9. The summed E-state index contributed by atoms with van der Waals surface area (Å²) < 4.78 is 7.51. The molecular weight excluding hydrogens is 362 g/mol. The third kappa shape index (κ3) is 4.58. The molecule has 0 radical (unpaired) electrons. The van der Waals surface area contributed by atoms with Crippen molar-refractivity contribution in [3.05, 3.63) is 12.7 Å². The van der Waals surface area contributed by atoms with Crippen molar-refractivity contribution < 1.29 is 14.9 Å². The Balaban J connectivity index is 1.56. The van der Waals surface area contributed by atoms with Crippen LogP contribution in [0, 0.1) is 0 Å². The number of ether oxygens (including phenoxy) is 1. The number of aromatic nitrogens is 4. The highest BCUT2D eigenvalue weighted by atomic mass is 16.6. The van der Waals surface area contributed by atoms with Gasteiger partial charge in [-0.05, 0) is 25.8 Å². The van der Waals surface area contributed by atoms with E-state index in [1.165, 1.54) is 12.7 Å². The predicted octanol–water partition coefficient (Wildman–Crippen LogP) is 0.0444. The summed E-state index contributed by atoms with van der Waals surface area (Å²) >= 11 is 0. The van der Waals surface area contributed by atoms with E-state index < -0.39 is 24.5 Å². The fourth-order valence-corrected chi connectivity index (χ4v) is 3.71. The normalized spacial score (nSPS) is 26.1. The van der Waals surface area contributed by atoms with Crippen LogP contribution >= 0.6 is 0 Å². The van der Waals surface area contributed by atoms with Crippen LogP contribution in [0.15, 0.2) is 12.7 Å². The third-order valence-corrected chi connectivity index (χ3v) is 5.31. The Morgan fingerprint density at radius 1 is 1.07 bits per heavy atom. The summed E-state index contributed by atoms with van der Waals surface area (Å²) in [4.78, 5) is 12.3. The Bertz CT molecular complexity index is 756. The molecule has 1 aliphatic rings. The summed E-state index contributed by atoms with van der Waals surface area (Å²) in [7, 11) is 0. The van der Waals surface area contributed by atoms with Gasteiger partial charge >= 0.3 is 0 Å². The number of aliphatic hydroxyl groups is 2. The molecule has 0 bridgehead atoms. The fraction of sp³-hybridized carbons (Fsp3) is 0.722. The topological polar surface area (TPSA) is 171 Å². The molecule has 2 aromatic rings. The van der Waals surface area contributed by atoms with E-state index in [1.54, 1.807) is 4.57 Å². The second-order valence-corrected chi connectivity index (χ2v) is 7.47. The molecular formula is C18H31N7O3. The first-order chi connectivity index (χ1) is 13.5. The molecule has 1 unspecified atom stereocenters. The van der Waals surface area contributed by atoms with Crippen LogP contribution in [0.2, 0.25) is 0 Å². The molecule has 0 saturated carbocycles. The van der Waals surface area contributed by atoms with Gasteiger partial charge in [0, 0.05) is 6.04 Å². The lowest BCUT2D eigenvalue weighted by atomic mass is 9.99. The summed E-state index contributed by atoms with van der Waals surface area (Å²) in [5.41, 5.74) is 18.4. The molecule has 8 N–H and O–H groups in total. The van der Waals surface area contributed by atoms with Gasteiger partial charge in [-0.2, -0.15) is 0 Å². The molecule has 5 atom stereocenters. The number of hydrogen-bond acceptors (Lipinski definition) is 9. The summed E-state index contributed by atoms with van der Waals surface area (Å²) in [6, 6.07) is -0.0994. The molecule has 156 valence electrons. The van der Waals surface area contributed by atoms with Crippen molar-refractivity contribution in [3.63, 3.8) is 0 Å². The minimum Gasteiger partial charge on any atom is -0.388 e. The standard InChI is InChI=1S/C18H31N7O3/c19-7-5-3-1-2-4-6-11(20)8-12-14(26)15(27)18(28-12)25-10-24-13-16(21)22-9-23-17(13)25/h9-12,14-15,18,26-27H,1-8,19-20H2,(H2,21,22,23)/t11?,12-,14-,15-,18-/m1/s1. The maximum absolute atomic E-state index is 10.5. The second kappa shape index (κ2) is 9.57. The number of rotatable bonds is 10. The van der Waals surface area contributed by atoms with Crippen LogP contribution in [0.5, 0.6) is 0 Å². The molecule has 0 amide bonds. The number of imidazole rings is 1. The first-order valence-corrected chi connectivity index (χ1v) is 9.93. The zero-order chi connectivity index (χ0) is 20.1. The molecule has 10 heteroatoms. The Morgan fingerprint density at radius 2 is 1.82 bits per heavy atom. The molecule has 1 saturated heterocycles. The Morgan fingerprint density at radius 3 is 2.61 bits per heavy atom. The van der Waals surface area contributed by atoms with E-state index in [4.69, 9.17) is 21.9 Å². The Labute approximate surface area is 164 Å². The largest absolute Gasteiger partial charge is 0.388 e. The number of nitrogen functional groups attached to an aromatic ring is 1. The Kier molecular flexibility index (Phi) is 7.13. The van der Waals surface area contributed by atoms with Crippen molar-refractivity contribution >= 4 is 17.0 Å². The number of fused-ring (bicyclic) bond motifs is 1. The first-order valence-electron chi connectivity index (χ1n) is 9.93. The van der Waals surface area contributed by atoms with E-state index >= 15 is 0 Å². The van der Waals surface area contributed by atoms with Crippen LogP contribution < -0.4 is 17.2 Å². The predicted molar refractivity (Wildman–Crippen MR) is 105 cm³/mol. The summed E-state index contributed by atoms with van der Waals surface area (Å²) in [6.07, 6.45) is 6.17. The summed E-state index contributed by atoms with van der Waals surface area (Å²) in [5, 5.41) is 20.9. The van der Waals surface area contributed by atoms with Crippen molar-refractivity contribution in [1.29, 1.82) is 0 Å². The van der Waals surface area contributed by atoms with Crippen LogP contribution in [-0.4, -0.2) is 60.6 Å². The number of nitrogens with zero attached hydrogens (tertiary/aromatic N) is 4. The van der Waals surface area contributed by atoms with Gasteiger partial charge in [0.2, 0.25) is 0 Å². The minimum absolute atomic E-state index is 0.0994. The average Bonchev–Trinajstić information content (AvgIpc) is 3.22. The highest BCUT2D eigenvalue weighted by Crippen LogP contribution is 2.33. The molecule has 28 heavy (non-hydrogen) atoms. The average molecular weight is 393 g/mol. The molecule has 1 aliphatic heterocycles. The highest BCUT2D eigenvalue weighted by Gasteiger charge is 2.44. The lowest BCUT2D eigenvalue weighted by Crippen LogP contribution is -2.35. The van der Waals surface area contributed by atoms with Gasteiger partial charge in [0.25, 0.3) is 0 Å². The van der Waals surface area contributed by atoms with Crippen molar-refractivity contribution in [2.45, 2.75) is 75.5 Å². The maximum Gasteiger partial charge on any atom is 0.167 e. The molecule has 0 aliphatic carbocycles. The monoisotopic (exact) mass is 393 g/mol. The van der Waals surface area contributed by atoms with Gasteiger partial charge in [0.15, 0.2) is 17.7 Å². The quantitative estimate of drug-likeness (QED) is 0.349. The molecule has 10 nitrogen and oxygen atoms in total. The second-order valence-electron chi connectivity index (χ2n) is 7.47. The van der Waals surface area contributed by atoms with Crippen LogP contribution in [0.4, 0.5) is 5.82 Å². The van der Waals surface area contributed by atoms with Crippen LogP contribution in [0.1, 0.15) is 51.2 Å². The molecule has 0 spiro atoms. The van der Waals surface area contributed by atoms with Gasteiger partial charge in [-0.25, -0.2) is 15.0 Å². The van der Waals surface area contributed by atoms with Crippen LogP contribution in [0.25, 0.3) is 11.2 Å². The van der Waals surface area contributed by atoms with E-state index in [0.717, 1.165) is 45.1 Å². The van der Waals surface area contributed by atoms with Crippen LogP contribution in [-0.2, 0) is 4.74 Å². The van der Waals surface area contributed by atoms with E-state index in [-0.39, 0.29) is 11.9 Å². The minimum atomic E-state index is -1.11. The molecule has 3 rings (SSSR count). The van der Waals surface area contributed by atoms with E-state index in [2.05, 4.69) is 15.0 Å². The zero-order valence-corrected chi connectivity index (χ0v) is 16.0. The molecule has 1 fully saturated rings. The Hall–Kier alpha value is -1.85. The van der Waals surface area contributed by atoms with Crippen molar-refractivity contribution in [2.24, 2.45) is 11.5 Å². The fourth-order valence-electron chi connectivity index (χ4n) is 3.71. The van der Waals surface area contributed by atoms with Gasteiger partial charge in [0.05, 0.1) is 12.4 Å². The number of nitrogens with two attached hydrogens (primary N) is 3. The molecule has 2 aromatic heterocycles. The lowest BCUT2D eigenvalue weighted by Gasteiger charge is -2.19. The van der Waals surface area contributed by atoms with E-state index in [9.17, 15) is 10.2 Å². The zero-order valence-electron chi connectivity index (χ0n) is 16.0. The van der Waals surface area contributed by atoms with Crippen molar-refractivity contribution in [3.8, 4) is 0 Å². The number of unbranched alkanes of at least 4 members (excludes halogenated alkanes) is 4. The summed E-state index contributed by atoms with van der Waals surface area (Å²) in [5.74, 6) is 0.252. The van der Waals surface area contributed by atoms with Gasteiger partial charge in [0.1, 0.15) is 24.1 Å². The van der Waals surface area contributed by atoms with Gasteiger partial charge in [-0.15, -0.1) is 0 Å². The SMILES string of the molecule is NCCCCCCCC(N)C[C@H]1O[C@@H](n2cnc3c(N)ncnc32)[C@H](O)[C@@H]1O. The van der Waals surface area contributed by atoms with Gasteiger partial charge < -0.3 is 32.2 Å². The molecule has 3 heterocycles. The summed E-state index contributed by atoms with van der Waals surface area (Å²) in [6.45, 7) is 0.741.